The molecule has 0 saturated carbocycles. The van der Waals surface area contributed by atoms with E-state index in [1.165, 1.54) is 12.1 Å². The van der Waals surface area contributed by atoms with Crippen LogP contribution in [0.4, 0.5) is 10.1 Å². The van der Waals surface area contributed by atoms with E-state index in [0.29, 0.717) is 0 Å². The van der Waals surface area contributed by atoms with Gasteiger partial charge in [-0.05, 0) is 29.5 Å². The van der Waals surface area contributed by atoms with Gasteiger partial charge in [0.15, 0.2) is 5.78 Å². The second-order valence-corrected chi connectivity index (χ2v) is 5.24. The lowest BCUT2D eigenvalue weighted by atomic mass is 10.1. The van der Waals surface area contributed by atoms with Gasteiger partial charge in [-0.15, -0.1) is 0 Å². The van der Waals surface area contributed by atoms with Crippen molar-refractivity contribution in [3.63, 3.8) is 0 Å². The number of hydrogen-bond donors (Lipinski definition) is 0. The van der Waals surface area contributed by atoms with Crippen LogP contribution in [-0.4, -0.2) is 10.7 Å². The van der Waals surface area contributed by atoms with Gasteiger partial charge in [0.1, 0.15) is 5.82 Å². The number of ketones is 1. The summed E-state index contributed by atoms with van der Waals surface area (Å²) < 4.78 is 13.4. The van der Waals surface area contributed by atoms with E-state index in [1.807, 2.05) is 0 Å². The van der Waals surface area contributed by atoms with Crippen molar-refractivity contribution in [2.45, 2.75) is 0 Å². The Labute approximate surface area is 139 Å². The Balaban J connectivity index is 2.30. The van der Waals surface area contributed by atoms with E-state index >= 15 is 0 Å². The predicted molar refractivity (Wildman–Crippen MR) is 82.3 cm³/mol. The lowest BCUT2D eigenvalue weighted by Gasteiger charge is -2.06. The van der Waals surface area contributed by atoms with Gasteiger partial charge in [0.2, 0.25) is 0 Å². The fraction of sp³-hybridized carbons (Fsp3) is 0. The molecule has 0 heterocycles. The van der Waals surface area contributed by atoms with Gasteiger partial charge in [-0.3, -0.25) is 14.9 Å². The van der Waals surface area contributed by atoms with Crippen molar-refractivity contribution in [1.29, 1.82) is 0 Å². The van der Waals surface area contributed by atoms with Crippen molar-refractivity contribution in [2.24, 2.45) is 0 Å². The molecule has 0 fully saturated rings. The van der Waals surface area contributed by atoms with Crippen molar-refractivity contribution < 1.29 is 19.2 Å². The summed E-state index contributed by atoms with van der Waals surface area (Å²) in [6, 6.07) is 5.40. The standard InChI is InChI=1S/C15H8Cl2FNO4/c16-10-7-11(17)12(18)6-9(10)14(20)3-1-8-2-4-15(21)13(5-8)19(22)23/h1-7,21H/p-1/b3-1+. The van der Waals surface area contributed by atoms with Crippen LogP contribution >= 0.6 is 23.2 Å². The molecule has 0 amide bonds. The van der Waals surface area contributed by atoms with Crippen LogP contribution in [0.5, 0.6) is 5.75 Å². The molecule has 0 unspecified atom stereocenters. The topological polar surface area (TPSA) is 83.3 Å². The van der Waals surface area contributed by atoms with Gasteiger partial charge in [-0.2, -0.15) is 0 Å². The summed E-state index contributed by atoms with van der Waals surface area (Å²) in [6.07, 6.45) is 2.33. The molecule has 2 aromatic carbocycles. The predicted octanol–water partition coefficient (Wildman–Crippen LogP) is 4.01. The number of halogens is 3. The van der Waals surface area contributed by atoms with Gasteiger partial charge in [-0.25, -0.2) is 4.39 Å². The minimum atomic E-state index is -0.813. The van der Waals surface area contributed by atoms with E-state index in [2.05, 4.69) is 0 Å². The van der Waals surface area contributed by atoms with Gasteiger partial charge in [0.25, 0.3) is 5.69 Å². The highest BCUT2D eigenvalue weighted by Gasteiger charge is 2.12. The molecule has 2 rings (SSSR count). The molecule has 0 N–H and O–H groups in total. The highest BCUT2D eigenvalue weighted by atomic mass is 35.5. The van der Waals surface area contributed by atoms with Crippen LogP contribution < -0.4 is 5.11 Å². The number of allylic oxidation sites excluding steroid dienone is 1. The van der Waals surface area contributed by atoms with Gasteiger partial charge in [0, 0.05) is 11.6 Å². The fourth-order valence-electron chi connectivity index (χ4n) is 1.75. The Hall–Kier alpha value is -2.44. The molecule has 0 aromatic heterocycles. The van der Waals surface area contributed by atoms with Crippen LogP contribution in [0.2, 0.25) is 10.0 Å². The molecule has 2 aromatic rings. The molecule has 0 aliphatic rings. The lowest BCUT2D eigenvalue weighted by molar-refractivity contribution is -0.398. The fourth-order valence-corrected chi connectivity index (χ4v) is 2.23. The minimum Gasteiger partial charge on any atom is -0.868 e. The average Bonchev–Trinajstić information content (AvgIpc) is 2.49. The molecule has 0 bridgehead atoms. The number of benzene rings is 2. The molecule has 0 aliphatic carbocycles. The SMILES string of the molecule is O=C(/C=C/c1ccc([O-])c([N+](=O)[O-])c1)c1cc(F)c(Cl)cc1Cl. The zero-order valence-corrected chi connectivity index (χ0v) is 12.8. The molecule has 0 aliphatic heterocycles. The molecule has 5 nitrogen and oxygen atoms in total. The monoisotopic (exact) mass is 354 g/mol. The molecule has 0 atom stereocenters. The number of nitrogens with zero attached hydrogens (tertiary/aromatic N) is 1. The minimum absolute atomic E-state index is 0.0214. The first-order valence-electron chi connectivity index (χ1n) is 6.12. The van der Waals surface area contributed by atoms with Crippen molar-refractivity contribution in [1.82, 2.24) is 0 Å². The van der Waals surface area contributed by atoms with E-state index in [1.54, 1.807) is 0 Å². The van der Waals surface area contributed by atoms with Gasteiger partial charge < -0.3 is 5.11 Å². The van der Waals surface area contributed by atoms with Crippen LogP contribution in [0.25, 0.3) is 6.08 Å². The van der Waals surface area contributed by atoms with E-state index < -0.39 is 28.0 Å². The normalized spacial score (nSPS) is 10.9. The Morgan fingerprint density at radius 1 is 1.17 bits per heavy atom. The summed E-state index contributed by atoms with van der Waals surface area (Å²) >= 11 is 11.4. The smallest absolute Gasteiger partial charge is 0.262 e. The zero-order valence-electron chi connectivity index (χ0n) is 11.3. The van der Waals surface area contributed by atoms with Gasteiger partial charge >= 0.3 is 0 Å². The number of hydrogen-bond acceptors (Lipinski definition) is 4. The summed E-state index contributed by atoms with van der Waals surface area (Å²) in [7, 11) is 0. The Morgan fingerprint density at radius 2 is 1.87 bits per heavy atom. The number of nitro groups is 1. The molecule has 118 valence electrons. The van der Waals surface area contributed by atoms with Crippen molar-refractivity contribution >= 4 is 40.7 Å². The zero-order chi connectivity index (χ0) is 17.1. The highest BCUT2D eigenvalue weighted by Crippen LogP contribution is 2.26. The first kappa shape index (κ1) is 16.9. The highest BCUT2D eigenvalue weighted by molar-refractivity contribution is 6.37. The molecular formula is C15H7Cl2FNO4-. The molecular weight excluding hydrogens is 348 g/mol. The summed E-state index contributed by atoms with van der Waals surface area (Å²) in [5.74, 6) is -2.14. The molecule has 8 heteroatoms. The van der Waals surface area contributed by atoms with E-state index in [0.717, 1.165) is 30.3 Å². The van der Waals surface area contributed by atoms with Crippen molar-refractivity contribution in [3.05, 3.63) is 73.5 Å². The molecule has 0 radical (unpaired) electrons. The third-order valence-electron chi connectivity index (χ3n) is 2.88. The maximum absolute atomic E-state index is 13.4. The Kier molecular flexibility index (Phi) is 4.98. The Bertz CT molecular complexity index is 836. The van der Waals surface area contributed by atoms with Crippen LogP contribution in [0.3, 0.4) is 0 Å². The third-order valence-corrected chi connectivity index (χ3v) is 3.48. The average molecular weight is 355 g/mol. The lowest BCUT2D eigenvalue weighted by Crippen LogP contribution is -1.98. The van der Waals surface area contributed by atoms with Crippen LogP contribution in [0.15, 0.2) is 36.4 Å². The third kappa shape index (κ3) is 3.85. The first-order valence-corrected chi connectivity index (χ1v) is 6.87. The summed E-state index contributed by atoms with van der Waals surface area (Å²) in [5, 5.41) is 21.7. The molecule has 0 spiro atoms. The molecule has 23 heavy (non-hydrogen) atoms. The molecule has 0 saturated heterocycles. The van der Waals surface area contributed by atoms with Crippen molar-refractivity contribution in [3.8, 4) is 5.75 Å². The largest absolute Gasteiger partial charge is 0.868 e. The van der Waals surface area contributed by atoms with Crippen LogP contribution in [-0.2, 0) is 0 Å². The number of nitro benzene ring substituents is 1. The van der Waals surface area contributed by atoms with E-state index in [4.69, 9.17) is 23.2 Å². The van der Waals surface area contributed by atoms with Gasteiger partial charge in [-0.1, -0.05) is 41.4 Å². The van der Waals surface area contributed by atoms with E-state index in [9.17, 15) is 24.4 Å². The van der Waals surface area contributed by atoms with Gasteiger partial charge in [0.05, 0.1) is 15.0 Å². The maximum Gasteiger partial charge on any atom is 0.262 e. The van der Waals surface area contributed by atoms with Crippen molar-refractivity contribution in [2.75, 3.05) is 0 Å². The number of carbonyl (C=O) groups excluding carboxylic acids is 1. The Morgan fingerprint density at radius 3 is 2.52 bits per heavy atom. The number of rotatable bonds is 4. The second kappa shape index (κ2) is 6.76. The van der Waals surface area contributed by atoms with E-state index in [-0.39, 0.29) is 21.2 Å². The number of carbonyl (C=O) groups is 1. The summed E-state index contributed by atoms with van der Waals surface area (Å²) in [6.45, 7) is 0. The summed E-state index contributed by atoms with van der Waals surface area (Å²) in [5.41, 5.74) is -0.426. The van der Waals surface area contributed by atoms with Crippen LogP contribution in [0, 0.1) is 15.9 Å². The second-order valence-electron chi connectivity index (χ2n) is 4.43. The summed E-state index contributed by atoms with van der Waals surface area (Å²) in [4.78, 5) is 21.9. The first-order chi connectivity index (χ1) is 10.8. The quantitative estimate of drug-likeness (QED) is 0.273. The van der Waals surface area contributed by atoms with Crippen LogP contribution in [0.1, 0.15) is 15.9 Å². The maximum atomic E-state index is 13.4.